The van der Waals surface area contributed by atoms with Gasteiger partial charge in [-0.25, -0.2) is 0 Å². The molecule has 2 aliphatic heterocycles. The molecule has 2 fully saturated rings. The first kappa shape index (κ1) is 23.7. The van der Waals surface area contributed by atoms with Gasteiger partial charge in [0.05, 0.1) is 18.2 Å². The molecule has 1 amide bonds. The summed E-state index contributed by atoms with van der Waals surface area (Å²) in [7, 11) is 0. The molecule has 0 bridgehead atoms. The van der Waals surface area contributed by atoms with E-state index >= 15 is 0 Å². The van der Waals surface area contributed by atoms with Crippen molar-refractivity contribution >= 4 is 5.91 Å². The maximum atomic E-state index is 13.4. The quantitative estimate of drug-likeness (QED) is 0.670. The first-order valence-electron chi connectivity index (χ1n) is 12.0. The van der Waals surface area contributed by atoms with Gasteiger partial charge < -0.3 is 25.2 Å². The summed E-state index contributed by atoms with van der Waals surface area (Å²) in [5.41, 5.74) is 9.32. The smallest absolute Gasteiger partial charge is 0.255 e. The number of carbonyl (C=O) groups excluding carboxylic acids is 1. The monoisotopic (exact) mass is 452 g/mol. The molecule has 2 saturated heterocycles. The van der Waals surface area contributed by atoms with Crippen molar-refractivity contribution < 1.29 is 9.90 Å². The van der Waals surface area contributed by atoms with Gasteiger partial charge >= 0.3 is 0 Å². The van der Waals surface area contributed by atoms with Gasteiger partial charge in [-0.1, -0.05) is 30.3 Å². The molecule has 3 unspecified atom stereocenters. The molecule has 0 aliphatic carbocycles. The van der Waals surface area contributed by atoms with Gasteiger partial charge in [0.25, 0.3) is 11.5 Å². The van der Waals surface area contributed by atoms with E-state index in [1.54, 1.807) is 13.8 Å². The zero-order valence-corrected chi connectivity index (χ0v) is 19.9. The van der Waals surface area contributed by atoms with Crippen LogP contribution in [0.25, 0.3) is 0 Å². The summed E-state index contributed by atoms with van der Waals surface area (Å²) in [4.78, 5) is 30.3. The molecular weight excluding hydrogens is 416 g/mol. The third-order valence-electron chi connectivity index (χ3n) is 7.26. The van der Waals surface area contributed by atoms with Crippen LogP contribution >= 0.6 is 0 Å². The number of rotatable bonds is 7. The van der Waals surface area contributed by atoms with Crippen LogP contribution in [0.15, 0.2) is 41.2 Å². The molecule has 1 aromatic heterocycles. The molecule has 1 aromatic carbocycles. The Balaban J connectivity index is 1.37. The molecule has 7 heteroatoms. The van der Waals surface area contributed by atoms with Crippen molar-refractivity contribution in [3.05, 3.63) is 69.1 Å². The van der Waals surface area contributed by atoms with Gasteiger partial charge in [0.2, 0.25) is 0 Å². The van der Waals surface area contributed by atoms with E-state index < -0.39 is 6.10 Å². The van der Waals surface area contributed by atoms with E-state index in [1.165, 1.54) is 16.2 Å². The average Bonchev–Trinajstić information content (AvgIpc) is 3.34. The SMILES string of the molecule is Cc1cc(=O)n(CC(C)O)c(C)c1C(=O)N1CC2CN(CC[C@H](N)c3ccccc3)CC2C1. The van der Waals surface area contributed by atoms with Crippen LogP contribution < -0.4 is 11.3 Å². The van der Waals surface area contributed by atoms with Crippen LogP contribution in [0.1, 0.15) is 46.6 Å². The van der Waals surface area contributed by atoms with E-state index in [4.69, 9.17) is 5.73 Å². The average molecular weight is 453 g/mol. The molecule has 33 heavy (non-hydrogen) atoms. The number of aryl methyl sites for hydroxylation is 1. The lowest BCUT2D eigenvalue weighted by atomic mass is 10.0. The number of nitrogens with zero attached hydrogens (tertiary/aromatic N) is 3. The standard InChI is InChI=1S/C26H36N4O3/c1-17-11-24(32)30(12-18(2)31)19(3)25(17)26(33)29-15-21-13-28(14-22(21)16-29)10-9-23(27)20-7-5-4-6-8-20/h4-8,11,18,21-23,31H,9-10,12-16,27H2,1-3H3/t18?,21?,22?,23-/m0/s1. The number of hydrogen-bond acceptors (Lipinski definition) is 5. The van der Waals surface area contributed by atoms with Crippen molar-refractivity contribution in [2.45, 2.75) is 45.9 Å². The predicted octanol–water partition coefficient (Wildman–Crippen LogP) is 1.94. The Kier molecular flexibility index (Phi) is 7.02. The van der Waals surface area contributed by atoms with E-state index in [-0.39, 0.29) is 24.1 Å². The Hall–Kier alpha value is -2.48. The van der Waals surface area contributed by atoms with Crippen LogP contribution in [-0.4, -0.2) is 64.2 Å². The highest BCUT2D eigenvalue weighted by molar-refractivity contribution is 5.96. The fourth-order valence-electron chi connectivity index (χ4n) is 5.52. The summed E-state index contributed by atoms with van der Waals surface area (Å²) in [5.74, 6) is 0.952. The number of hydrogen-bond donors (Lipinski definition) is 2. The number of aliphatic hydroxyl groups is 1. The van der Waals surface area contributed by atoms with Crippen LogP contribution in [0, 0.1) is 25.7 Å². The molecule has 2 aromatic rings. The maximum Gasteiger partial charge on any atom is 0.255 e. The first-order chi connectivity index (χ1) is 15.7. The Bertz CT molecular complexity index is 1040. The first-order valence-corrected chi connectivity index (χ1v) is 12.0. The number of amides is 1. The summed E-state index contributed by atoms with van der Waals surface area (Å²) in [6.07, 6.45) is 0.272. The summed E-state index contributed by atoms with van der Waals surface area (Å²) >= 11 is 0. The Morgan fingerprint density at radius 2 is 1.76 bits per heavy atom. The summed E-state index contributed by atoms with van der Waals surface area (Å²) in [6.45, 7) is 9.92. The molecule has 7 nitrogen and oxygen atoms in total. The fourth-order valence-corrected chi connectivity index (χ4v) is 5.52. The molecule has 3 heterocycles. The van der Waals surface area contributed by atoms with Crippen molar-refractivity contribution in [2.75, 3.05) is 32.7 Å². The zero-order valence-electron chi connectivity index (χ0n) is 19.9. The number of carbonyl (C=O) groups is 1. The highest BCUT2D eigenvalue weighted by Gasteiger charge is 2.42. The molecule has 0 saturated carbocycles. The molecule has 0 spiro atoms. The molecule has 4 atom stereocenters. The third-order valence-corrected chi connectivity index (χ3v) is 7.26. The van der Waals surface area contributed by atoms with Crippen LogP contribution in [-0.2, 0) is 6.54 Å². The van der Waals surface area contributed by atoms with Gasteiger partial charge in [-0.2, -0.15) is 0 Å². The predicted molar refractivity (Wildman–Crippen MR) is 129 cm³/mol. The third kappa shape index (κ3) is 5.05. The highest BCUT2D eigenvalue weighted by Crippen LogP contribution is 2.33. The summed E-state index contributed by atoms with van der Waals surface area (Å²) < 4.78 is 1.51. The van der Waals surface area contributed by atoms with Crippen molar-refractivity contribution in [2.24, 2.45) is 17.6 Å². The minimum atomic E-state index is -0.654. The topological polar surface area (TPSA) is 91.8 Å². The van der Waals surface area contributed by atoms with E-state index in [1.807, 2.05) is 30.0 Å². The molecule has 178 valence electrons. The minimum Gasteiger partial charge on any atom is -0.392 e. The van der Waals surface area contributed by atoms with Crippen molar-refractivity contribution in [3.8, 4) is 0 Å². The van der Waals surface area contributed by atoms with Gasteiger partial charge in [0, 0.05) is 44.0 Å². The second kappa shape index (κ2) is 9.79. The lowest BCUT2D eigenvalue weighted by Crippen LogP contribution is -2.36. The molecule has 2 aliphatic rings. The Morgan fingerprint density at radius 1 is 1.12 bits per heavy atom. The fraction of sp³-hybridized carbons (Fsp3) is 0.538. The van der Waals surface area contributed by atoms with E-state index in [9.17, 15) is 14.7 Å². The largest absolute Gasteiger partial charge is 0.392 e. The molecule has 3 N–H and O–H groups in total. The number of nitrogens with two attached hydrogens (primary N) is 1. The number of pyridine rings is 1. The van der Waals surface area contributed by atoms with Crippen molar-refractivity contribution in [1.82, 2.24) is 14.4 Å². The van der Waals surface area contributed by atoms with Crippen LogP contribution in [0.5, 0.6) is 0 Å². The van der Waals surface area contributed by atoms with E-state index in [0.29, 0.717) is 28.7 Å². The maximum absolute atomic E-state index is 13.4. The molecular formula is C26H36N4O3. The Morgan fingerprint density at radius 3 is 2.36 bits per heavy atom. The Labute approximate surface area is 195 Å². The second-order valence-electron chi connectivity index (χ2n) is 9.88. The number of aliphatic hydroxyl groups excluding tert-OH is 1. The number of aromatic nitrogens is 1. The lowest BCUT2D eigenvalue weighted by Gasteiger charge is -2.24. The van der Waals surface area contributed by atoms with Gasteiger partial charge in [-0.05, 0) is 56.7 Å². The number of likely N-dealkylation sites (tertiary alicyclic amines) is 2. The number of fused-ring (bicyclic) bond motifs is 1. The van der Waals surface area contributed by atoms with Crippen LogP contribution in [0.4, 0.5) is 0 Å². The van der Waals surface area contributed by atoms with Gasteiger partial charge in [0.15, 0.2) is 0 Å². The summed E-state index contributed by atoms with van der Waals surface area (Å²) in [5, 5.41) is 9.77. The molecule has 0 radical (unpaired) electrons. The van der Waals surface area contributed by atoms with Gasteiger partial charge in [-0.15, -0.1) is 0 Å². The normalized spacial score (nSPS) is 22.4. The molecule has 4 rings (SSSR count). The van der Waals surface area contributed by atoms with E-state index in [0.717, 1.165) is 39.1 Å². The van der Waals surface area contributed by atoms with Gasteiger partial charge in [0.1, 0.15) is 0 Å². The minimum absolute atomic E-state index is 0.00334. The number of benzene rings is 1. The second-order valence-corrected chi connectivity index (χ2v) is 9.88. The lowest BCUT2D eigenvalue weighted by molar-refractivity contribution is 0.0770. The zero-order chi connectivity index (χ0) is 23.7. The van der Waals surface area contributed by atoms with Crippen molar-refractivity contribution in [1.29, 1.82) is 0 Å². The van der Waals surface area contributed by atoms with Crippen molar-refractivity contribution in [3.63, 3.8) is 0 Å². The highest BCUT2D eigenvalue weighted by atomic mass is 16.3. The van der Waals surface area contributed by atoms with E-state index in [2.05, 4.69) is 17.0 Å². The van der Waals surface area contributed by atoms with Gasteiger partial charge in [-0.3, -0.25) is 9.59 Å². The van der Waals surface area contributed by atoms with Crippen LogP contribution in [0.2, 0.25) is 0 Å². The summed E-state index contributed by atoms with van der Waals surface area (Å²) in [6, 6.07) is 11.8. The van der Waals surface area contributed by atoms with Crippen LogP contribution in [0.3, 0.4) is 0 Å².